The van der Waals surface area contributed by atoms with Crippen LogP contribution >= 0.6 is 0 Å². The first-order valence-corrected chi connectivity index (χ1v) is 10.7. The van der Waals surface area contributed by atoms with Crippen molar-refractivity contribution >= 4 is 11.9 Å². The van der Waals surface area contributed by atoms with Crippen LogP contribution in [0.15, 0.2) is 54.6 Å². The van der Waals surface area contributed by atoms with Crippen molar-refractivity contribution < 1.29 is 19.1 Å². The van der Waals surface area contributed by atoms with E-state index in [1.54, 1.807) is 6.92 Å². The van der Waals surface area contributed by atoms with E-state index < -0.39 is 12.1 Å². The molecule has 0 radical (unpaired) electrons. The molecule has 0 heterocycles. The molecule has 0 spiro atoms. The van der Waals surface area contributed by atoms with Crippen molar-refractivity contribution in [3.05, 3.63) is 71.3 Å². The molecule has 156 valence electrons. The number of rotatable bonds is 6. The molecule has 0 bridgehead atoms. The Kier molecular flexibility index (Phi) is 5.50. The number of hydrogen-bond acceptors (Lipinski definition) is 4. The van der Waals surface area contributed by atoms with E-state index in [0.717, 1.165) is 59.9 Å². The highest BCUT2D eigenvalue weighted by molar-refractivity contribution is 5.88. The fourth-order valence-electron chi connectivity index (χ4n) is 4.64. The van der Waals surface area contributed by atoms with Crippen molar-refractivity contribution in [3.63, 3.8) is 0 Å². The zero-order valence-corrected chi connectivity index (χ0v) is 17.7. The summed E-state index contributed by atoms with van der Waals surface area (Å²) in [7, 11) is 0. The topological polar surface area (TPSA) is 52.6 Å². The molecule has 2 aromatic rings. The van der Waals surface area contributed by atoms with Crippen molar-refractivity contribution in [2.75, 3.05) is 0 Å². The van der Waals surface area contributed by atoms with E-state index in [0.29, 0.717) is 5.57 Å². The van der Waals surface area contributed by atoms with E-state index >= 15 is 0 Å². The van der Waals surface area contributed by atoms with E-state index in [9.17, 15) is 9.59 Å². The second-order valence-corrected chi connectivity index (χ2v) is 8.47. The Morgan fingerprint density at radius 3 is 2.47 bits per heavy atom. The maximum atomic E-state index is 12.7. The number of hydrogen-bond donors (Lipinski definition) is 0. The lowest BCUT2D eigenvalue weighted by molar-refractivity contribution is -0.158. The molecule has 2 aliphatic carbocycles. The van der Waals surface area contributed by atoms with Crippen LogP contribution in [-0.2, 0) is 25.5 Å². The first-order chi connectivity index (χ1) is 14.4. The molecule has 4 rings (SSSR count). The Bertz CT molecular complexity index is 998. The third-order valence-electron chi connectivity index (χ3n) is 6.34. The second kappa shape index (κ2) is 8.10. The monoisotopic (exact) mass is 404 g/mol. The molecule has 1 fully saturated rings. The van der Waals surface area contributed by atoms with Gasteiger partial charge in [0.15, 0.2) is 6.10 Å². The van der Waals surface area contributed by atoms with Gasteiger partial charge in [-0.3, -0.25) is 4.79 Å². The predicted octanol–water partition coefficient (Wildman–Crippen LogP) is 5.68. The van der Waals surface area contributed by atoms with E-state index in [4.69, 9.17) is 9.47 Å². The van der Waals surface area contributed by atoms with Crippen molar-refractivity contribution in [1.29, 1.82) is 0 Å². The van der Waals surface area contributed by atoms with Gasteiger partial charge in [0.2, 0.25) is 0 Å². The van der Waals surface area contributed by atoms with Gasteiger partial charge in [0.25, 0.3) is 0 Å². The quantitative estimate of drug-likeness (QED) is 0.459. The van der Waals surface area contributed by atoms with Gasteiger partial charge in [0, 0.05) is 16.7 Å². The highest BCUT2D eigenvalue weighted by Crippen LogP contribution is 2.46. The Morgan fingerprint density at radius 1 is 1.07 bits per heavy atom. The Balaban J connectivity index is 1.58. The van der Waals surface area contributed by atoms with Crippen LogP contribution in [0.25, 0.3) is 11.1 Å². The smallest absolute Gasteiger partial charge is 0.334 e. The highest BCUT2D eigenvalue weighted by atomic mass is 16.6. The van der Waals surface area contributed by atoms with Crippen molar-refractivity contribution in [2.24, 2.45) is 0 Å². The van der Waals surface area contributed by atoms with Crippen LogP contribution in [0.3, 0.4) is 0 Å². The zero-order chi connectivity index (χ0) is 21.3. The summed E-state index contributed by atoms with van der Waals surface area (Å²) in [6.07, 6.45) is 4.83. The van der Waals surface area contributed by atoms with Crippen LogP contribution in [0.2, 0.25) is 0 Å². The van der Waals surface area contributed by atoms with Gasteiger partial charge in [0.1, 0.15) is 5.60 Å². The minimum Gasteiger partial charge on any atom is -0.459 e. The SMILES string of the molecule is C=C(C)C(=O)OC1c2ccccc2-c2cc(CC(=O)OC3(CC)CCCC3)ccc21. The molecule has 1 saturated carbocycles. The first kappa shape index (κ1) is 20.4. The van der Waals surface area contributed by atoms with Gasteiger partial charge in [-0.1, -0.05) is 56.0 Å². The third kappa shape index (κ3) is 3.79. The summed E-state index contributed by atoms with van der Waals surface area (Å²) in [5, 5.41) is 0. The van der Waals surface area contributed by atoms with Crippen LogP contribution in [0.5, 0.6) is 0 Å². The molecular formula is C26H28O4. The lowest BCUT2D eigenvalue weighted by Gasteiger charge is -2.27. The molecule has 2 aliphatic rings. The number of benzene rings is 2. The molecule has 1 unspecified atom stereocenters. The summed E-state index contributed by atoms with van der Waals surface area (Å²) >= 11 is 0. The molecule has 0 aromatic heterocycles. The second-order valence-electron chi connectivity index (χ2n) is 8.47. The molecule has 4 heteroatoms. The fraction of sp³-hybridized carbons (Fsp3) is 0.385. The lowest BCUT2D eigenvalue weighted by Crippen LogP contribution is -2.31. The zero-order valence-electron chi connectivity index (χ0n) is 17.7. The normalized spacial score (nSPS) is 18.4. The number of carbonyl (C=O) groups excluding carboxylic acids is 2. The van der Waals surface area contributed by atoms with Gasteiger partial charge in [-0.25, -0.2) is 4.79 Å². The van der Waals surface area contributed by atoms with Gasteiger partial charge >= 0.3 is 11.9 Å². The van der Waals surface area contributed by atoms with E-state index in [1.165, 1.54) is 0 Å². The first-order valence-electron chi connectivity index (χ1n) is 10.7. The molecule has 2 aromatic carbocycles. The van der Waals surface area contributed by atoms with Crippen molar-refractivity contribution in [3.8, 4) is 11.1 Å². The van der Waals surface area contributed by atoms with Crippen LogP contribution < -0.4 is 0 Å². The average Bonchev–Trinajstić information content (AvgIpc) is 3.31. The summed E-state index contributed by atoms with van der Waals surface area (Å²) in [6, 6.07) is 13.8. The minimum atomic E-state index is -0.455. The lowest BCUT2D eigenvalue weighted by atomic mass is 9.98. The predicted molar refractivity (Wildman–Crippen MR) is 116 cm³/mol. The highest BCUT2D eigenvalue weighted by Gasteiger charge is 2.36. The Labute approximate surface area is 177 Å². The van der Waals surface area contributed by atoms with E-state index in [-0.39, 0.29) is 18.0 Å². The van der Waals surface area contributed by atoms with E-state index in [2.05, 4.69) is 13.5 Å². The maximum Gasteiger partial charge on any atom is 0.334 e. The van der Waals surface area contributed by atoms with Gasteiger partial charge in [-0.15, -0.1) is 0 Å². The molecule has 30 heavy (non-hydrogen) atoms. The standard InChI is InChI=1S/C26H28O4/c1-4-26(13-7-8-14-26)30-23(27)16-18-11-12-21-22(15-18)19-9-5-6-10-20(19)24(21)29-25(28)17(2)3/h5-6,9-12,15,24H,2,4,7-8,13-14,16H2,1,3H3. The average molecular weight is 405 g/mol. The molecule has 4 nitrogen and oxygen atoms in total. The largest absolute Gasteiger partial charge is 0.459 e. The molecule has 0 amide bonds. The Hall–Kier alpha value is -2.88. The number of carbonyl (C=O) groups is 2. The summed E-state index contributed by atoms with van der Waals surface area (Å²) in [4.78, 5) is 24.8. The van der Waals surface area contributed by atoms with Crippen LogP contribution in [0, 0.1) is 0 Å². The summed E-state index contributed by atoms with van der Waals surface area (Å²) in [6.45, 7) is 7.42. The summed E-state index contributed by atoms with van der Waals surface area (Å²) in [5.41, 5.74) is 4.93. The number of esters is 2. The van der Waals surface area contributed by atoms with E-state index in [1.807, 2.05) is 42.5 Å². The number of fused-ring (bicyclic) bond motifs is 3. The van der Waals surface area contributed by atoms with Crippen LogP contribution in [-0.4, -0.2) is 17.5 Å². The summed E-state index contributed by atoms with van der Waals surface area (Å²) < 4.78 is 11.7. The molecule has 0 saturated heterocycles. The van der Waals surface area contributed by atoms with Gasteiger partial charge in [0.05, 0.1) is 6.42 Å². The molecule has 0 N–H and O–H groups in total. The molecule has 0 aliphatic heterocycles. The van der Waals surface area contributed by atoms with Gasteiger partial charge in [-0.2, -0.15) is 0 Å². The van der Waals surface area contributed by atoms with Crippen molar-refractivity contribution in [1.82, 2.24) is 0 Å². The molecular weight excluding hydrogens is 376 g/mol. The molecule has 1 atom stereocenters. The van der Waals surface area contributed by atoms with Gasteiger partial charge < -0.3 is 9.47 Å². The van der Waals surface area contributed by atoms with Crippen LogP contribution in [0.1, 0.15) is 68.7 Å². The van der Waals surface area contributed by atoms with Gasteiger partial charge in [-0.05, 0) is 55.7 Å². The maximum absolute atomic E-state index is 12.7. The van der Waals surface area contributed by atoms with Crippen molar-refractivity contribution in [2.45, 2.75) is 64.1 Å². The van der Waals surface area contributed by atoms with Crippen LogP contribution in [0.4, 0.5) is 0 Å². The summed E-state index contributed by atoms with van der Waals surface area (Å²) in [5.74, 6) is -0.577. The minimum absolute atomic E-state index is 0.171. The Morgan fingerprint density at radius 2 is 1.77 bits per heavy atom. The number of ether oxygens (including phenoxy) is 2. The fourth-order valence-corrected chi connectivity index (χ4v) is 4.64. The third-order valence-corrected chi connectivity index (χ3v) is 6.34.